The summed E-state index contributed by atoms with van der Waals surface area (Å²) in [5.74, 6) is -0.0481. The second kappa shape index (κ2) is 5.98. The van der Waals surface area contributed by atoms with Crippen LogP contribution in [0.25, 0.3) is 0 Å². The van der Waals surface area contributed by atoms with E-state index in [1.165, 1.54) is 0 Å². The molecule has 0 spiro atoms. The lowest BCUT2D eigenvalue weighted by molar-refractivity contribution is -0.136. The number of carbonyl (C=O) groups is 1. The summed E-state index contributed by atoms with van der Waals surface area (Å²) in [6.07, 6.45) is 0. The molecule has 0 atom stereocenters. The summed E-state index contributed by atoms with van der Waals surface area (Å²) in [4.78, 5) is 14.1. The summed E-state index contributed by atoms with van der Waals surface area (Å²) in [7, 11) is 1.54. The van der Waals surface area contributed by atoms with Gasteiger partial charge in [-0.1, -0.05) is 12.1 Å². The number of nitrogens with two attached hydrogens (primary N) is 1. The Labute approximate surface area is 109 Å². The Balaban J connectivity index is 2.98. The van der Waals surface area contributed by atoms with Gasteiger partial charge in [0.25, 0.3) is 5.91 Å². The SMILES string of the molecule is CCN(C(=O)C(C)(C)OC)c1ccc(CN)cc1. The molecule has 4 heteroatoms. The molecule has 0 saturated heterocycles. The van der Waals surface area contributed by atoms with Gasteiger partial charge >= 0.3 is 0 Å². The molecule has 0 aliphatic heterocycles. The van der Waals surface area contributed by atoms with Crippen LogP contribution >= 0.6 is 0 Å². The van der Waals surface area contributed by atoms with Crippen LogP contribution < -0.4 is 10.6 Å². The van der Waals surface area contributed by atoms with E-state index in [0.29, 0.717) is 13.1 Å². The van der Waals surface area contributed by atoms with E-state index in [9.17, 15) is 4.79 Å². The van der Waals surface area contributed by atoms with Crippen LogP contribution in [-0.2, 0) is 16.1 Å². The number of likely N-dealkylation sites (N-methyl/N-ethyl adjacent to an activating group) is 1. The third-order valence-corrected chi connectivity index (χ3v) is 3.07. The van der Waals surface area contributed by atoms with Gasteiger partial charge in [0.15, 0.2) is 0 Å². The van der Waals surface area contributed by atoms with Gasteiger partial charge in [0.2, 0.25) is 0 Å². The van der Waals surface area contributed by atoms with Crippen molar-refractivity contribution in [3.05, 3.63) is 29.8 Å². The zero-order valence-electron chi connectivity index (χ0n) is 11.6. The van der Waals surface area contributed by atoms with E-state index >= 15 is 0 Å². The highest BCUT2D eigenvalue weighted by Gasteiger charge is 2.31. The molecule has 0 fully saturated rings. The molecule has 1 amide bonds. The Bertz CT molecular complexity index is 399. The number of ether oxygens (including phenoxy) is 1. The van der Waals surface area contributed by atoms with Crippen molar-refractivity contribution >= 4 is 11.6 Å². The number of benzene rings is 1. The highest BCUT2D eigenvalue weighted by molar-refractivity contribution is 5.98. The number of amides is 1. The largest absolute Gasteiger partial charge is 0.369 e. The molecule has 100 valence electrons. The molecule has 1 rings (SSSR count). The number of hydrogen-bond acceptors (Lipinski definition) is 3. The molecule has 0 aliphatic carbocycles. The molecule has 1 aromatic carbocycles. The predicted octanol–water partition coefficient (Wildman–Crippen LogP) is 1.92. The molecule has 0 radical (unpaired) electrons. The summed E-state index contributed by atoms with van der Waals surface area (Å²) in [6, 6.07) is 7.70. The summed E-state index contributed by atoms with van der Waals surface area (Å²) in [5.41, 5.74) is 6.66. The molecule has 0 aromatic heterocycles. The van der Waals surface area contributed by atoms with E-state index < -0.39 is 5.60 Å². The van der Waals surface area contributed by atoms with E-state index in [2.05, 4.69) is 0 Å². The molecule has 0 bridgehead atoms. The van der Waals surface area contributed by atoms with Crippen molar-refractivity contribution in [1.82, 2.24) is 0 Å². The molecule has 0 heterocycles. The third kappa shape index (κ3) is 3.09. The van der Waals surface area contributed by atoms with E-state index in [1.807, 2.05) is 31.2 Å². The van der Waals surface area contributed by atoms with E-state index in [-0.39, 0.29) is 5.91 Å². The average molecular weight is 250 g/mol. The molecular weight excluding hydrogens is 228 g/mol. The van der Waals surface area contributed by atoms with Gasteiger partial charge in [-0.05, 0) is 38.5 Å². The minimum Gasteiger partial charge on any atom is -0.369 e. The van der Waals surface area contributed by atoms with Crippen LogP contribution in [0, 0.1) is 0 Å². The van der Waals surface area contributed by atoms with Crippen molar-refractivity contribution in [2.24, 2.45) is 5.73 Å². The molecule has 1 aromatic rings. The lowest BCUT2D eigenvalue weighted by Crippen LogP contribution is -2.46. The maximum Gasteiger partial charge on any atom is 0.258 e. The lowest BCUT2D eigenvalue weighted by Gasteiger charge is -2.30. The maximum absolute atomic E-state index is 12.4. The number of rotatable bonds is 5. The average Bonchev–Trinajstić information content (AvgIpc) is 2.40. The number of carbonyl (C=O) groups excluding carboxylic acids is 1. The zero-order valence-corrected chi connectivity index (χ0v) is 11.6. The Kier molecular flexibility index (Phi) is 4.87. The van der Waals surface area contributed by atoms with E-state index in [4.69, 9.17) is 10.5 Å². The third-order valence-electron chi connectivity index (χ3n) is 3.07. The molecule has 18 heavy (non-hydrogen) atoms. The monoisotopic (exact) mass is 250 g/mol. The first-order chi connectivity index (χ1) is 8.46. The molecule has 0 saturated carbocycles. The van der Waals surface area contributed by atoms with Crippen LogP contribution in [-0.4, -0.2) is 25.2 Å². The first kappa shape index (κ1) is 14.7. The fourth-order valence-corrected chi connectivity index (χ4v) is 1.67. The normalized spacial score (nSPS) is 11.4. The first-order valence-electron chi connectivity index (χ1n) is 6.12. The van der Waals surface area contributed by atoms with Crippen LogP contribution in [0.2, 0.25) is 0 Å². The van der Waals surface area contributed by atoms with E-state index in [0.717, 1.165) is 11.3 Å². The van der Waals surface area contributed by atoms with Gasteiger partial charge in [-0.3, -0.25) is 4.79 Å². The number of hydrogen-bond donors (Lipinski definition) is 1. The Morgan fingerprint density at radius 3 is 2.28 bits per heavy atom. The van der Waals surface area contributed by atoms with Crippen molar-refractivity contribution in [3.63, 3.8) is 0 Å². The van der Waals surface area contributed by atoms with Crippen molar-refractivity contribution < 1.29 is 9.53 Å². The first-order valence-corrected chi connectivity index (χ1v) is 6.12. The van der Waals surface area contributed by atoms with Crippen LogP contribution in [0.5, 0.6) is 0 Å². The Morgan fingerprint density at radius 1 is 1.33 bits per heavy atom. The van der Waals surface area contributed by atoms with Crippen LogP contribution in [0.3, 0.4) is 0 Å². The quantitative estimate of drug-likeness (QED) is 0.868. The summed E-state index contributed by atoms with van der Waals surface area (Å²) < 4.78 is 5.24. The summed E-state index contributed by atoms with van der Waals surface area (Å²) in [5, 5.41) is 0. The standard InChI is InChI=1S/C14H22N2O2/c1-5-16(13(17)14(2,3)18-4)12-8-6-11(10-15)7-9-12/h6-9H,5,10,15H2,1-4H3. The van der Waals surface area contributed by atoms with Gasteiger partial charge < -0.3 is 15.4 Å². The minimum absolute atomic E-state index is 0.0481. The smallest absolute Gasteiger partial charge is 0.258 e. The maximum atomic E-state index is 12.4. The van der Waals surface area contributed by atoms with Gasteiger partial charge in [-0.25, -0.2) is 0 Å². The Hall–Kier alpha value is -1.39. The lowest BCUT2D eigenvalue weighted by atomic mass is 10.1. The topological polar surface area (TPSA) is 55.6 Å². The Morgan fingerprint density at radius 2 is 1.89 bits per heavy atom. The van der Waals surface area contributed by atoms with Gasteiger partial charge in [-0.2, -0.15) is 0 Å². The summed E-state index contributed by atoms with van der Waals surface area (Å²) in [6.45, 7) is 6.59. The summed E-state index contributed by atoms with van der Waals surface area (Å²) >= 11 is 0. The fourth-order valence-electron chi connectivity index (χ4n) is 1.67. The van der Waals surface area contributed by atoms with Crippen LogP contribution in [0.4, 0.5) is 5.69 Å². The zero-order chi connectivity index (χ0) is 13.8. The van der Waals surface area contributed by atoms with Crippen molar-refractivity contribution in [1.29, 1.82) is 0 Å². The molecule has 4 nitrogen and oxygen atoms in total. The van der Waals surface area contributed by atoms with Gasteiger partial charge in [0, 0.05) is 25.9 Å². The number of anilines is 1. The van der Waals surface area contributed by atoms with Crippen LogP contribution in [0.15, 0.2) is 24.3 Å². The van der Waals surface area contributed by atoms with Gasteiger partial charge in [0.1, 0.15) is 5.60 Å². The van der Waals surface area contributed by atoms with Crippen molar-refractivity contribution in [3.8, 4) is 0 Å². The van der Waals surface area contributed by atoms with Crippen molar-refractivity contribution in [2.75, 3.05) is 18.6 Å². The second-order valence-corrected chi connectivity index (χ2v) is 4.63. The van der Waals surface area contributed by atoms with Crippen LogP contribution in [0.1, 0.15) is 26.3 Å². The van der Waals surface area contributed by atoms with Crippen molar-refractivity contribution in [2.45, 2.75) is 32.9 Å². The number of nitrogens with zero attached hydrogens (tertiary/aromatic N) is 1. The molecule has 0 aliphatic rings. The minimum atomic E-state index is -0.817. The van der Waals surface area contributed by atoms with Gasteiger partial charge in [0.05, 0.1) is 0 Å². The van der Waals surface area contributed by atoms with E-state index in [1.54, 1.807) is 25.9 Å². The second-order valence-electron chi connectivity index (χ2n) is 4.63. The molecular formula is C14H22N2O2. The highest BCUT2D eigenvalue weighted by Crippen LogP contribution is 2.20. The molecule has 2 N–H and O–H groups in total. The fraction of sp³-hybridized carbons (Fsp3) is 0.500. The number of methoxy groups -OCH3 is 1. The highest BCUT2D eigenvalue weighted by atomic mass is 16.5. The van der Waals surface area contributed by atoms with Gasteiger partial charge in [-0.15, -0.1) is 0 Å². The molecule has 0 unspecified atom stereocenters. The predicted molar refractivity (Wildman–Crippen MR) is 73.4 cm³/mol.